The van der Waals surface area contributed by atoms with Gasteiger partial charge in [0.2, 0.25) is 0 Å². The standard InChI is InChI=1S/C35H33N3O2/c1-26-3-13-31(14-4-26)37(32-15-5-27(2)6-16-32)33-17-7-28(8-18-33)23-36-38(34-19-9-29(24-39)10-20-34)35-21-11-30(25-40)12-22-35/h3-23,39-40H,24-25H2,1-2H3. The average Bonchev–Trinajstić information content (AvgIpc) is 3.00. The Balaban J connectivity index is 1.46. The SMILES string of the molecule is Cc1ccc(N(c2ccc(C)cc2)c2ccc(C=NN(c3ccc(CO)cc3)c3ccc(CO)cc3)cc2)cc1. The third-order valence-corrected chi connectivity index (χ3v) is 6.78. The number of nitrogens with zero attached hydrogens (tertiary/aromatic N) is 3. The van der Waals surface area contributed by atoms with Crippen molar-refractivity contribution in [3.05, 3.63) is 149 Å². The van der Waals surface area contributed by atoms with Crippen LogP contribution in [0.2, 0.25) is 0 Å². The Hall–Kier alpha value is -4.71. The number of aliphatic hydroxyl groups is 2. The Bertz CT molecular complexity index is 1450. The molecule has 5 rings (SSSR count). The van der Waals surface area contributed by atoms with Gasteiger partial charge in [-0.2, -0.15) is 5.10 Å². The van der Waals surface area contributed by atoms with Gasteiger partial charge in [0, 0.05) is 17.1 Å². The van der Waals surface area contributed by atoms with Crippen LogP contribution in [-0.2, 0) is 13.2 Å². The number of aliphatic hydroxyl groups excluding tert-OH is 2. The molecule has 2 N–H and O–H groups in total. The van der Waals surface area contributed by atoms with E-state index in [-0.39, 0.29) is 13.2 Å². The summed E-state index contributed by atoms with van der Waals surface area (Å²) in [6.07, 6.45) is 1.84. The quantitative estimate of drug-likeness (QED) is 0.151. The highest BCUT2D eigenvalue weighted by Gasteiger charge is 2.13. The zero-order chi connectivity index (χ0) is 27.9. The Morgan fingerprint density at radius 3 is 1.23 bits per heavy atom. The first-order valence-corrected chi connectivity index (χ1v) is 13.3. The molecule has 0 saturated carbocycles. The van der Waals surface area contributed by atoms with E-state index in [2.05, 4.69) is 91.5 Å². The maximum atomic E-state index is 9.45. The molecule has 0 fully saturated rings. The van der Waals surface area contributed by atoms with Gasteiger partial charge in [-0.05, 0) is 91.2 Å². The first-order chi connectivity index (χ1) is 19.5. The number of hydrogen-bond donors (Lipinski definition) is 2. The van der Waals surface area contributed by atoms with Gasteiger partial charge >= 0.3 is 0 Å². The molecule has 40 heavy (non-hydrogen) atoms. The second-order valence-corrected chi connectivity index (χ2v) is 9.80. The maximum absolute atomic E-state index is 9.45. The minimum atomic E-state index is -0.0106. The number of hydrogen-bond acceptors (Lipinski definition) is 5. The van der Waals surface area contributed by atoms with Gasteiger partial charge in [0.1, 0.15) is 0 Å². The van der Waals surface area contributed by atoms with E-state index in [0.717, 1.165) is 45.1 Å². The topological polar surface area (TPSA) is 59.3 Å². The summed E-state index contributed by atoms with van der Waals surface area (Å²) in [5, 5.41) is 25.6. The highest BCUT2D eigenvalue weighted by atomic mass is 16.3. The second kappa shape index (κ2) is 12.4. The summed E-state index contributed by atoms with van der Waals surface area (Å²) in [6.45, 7) is 4.17. The van der Waals surface area contributed by atoms with Crippen LogP contribution in [0.4, 0.5) is 28.4 Å². The molecule has 0 unspecified atom stereocenters. The van der Waals surface area contributed by atoms with E-state index in [4.69, 9.17) is 5.10 Å². The Morgan fingerprint density at radius 2 is 0.850 bits per heavy atom. The zero-order valence-corrected chi connectivity index (χ0v) is 22.8. The second-order valence-electron chi connectivity index (χ2n) is 9.80. The molecule has 0 amide bonds. The van der Waals surface area contributed by atoms with Crippen LogP contribution in [0.5, 0.6) is 0 Å². The molecule has 5 aromatic rings. The maximum Gasteiger partial charge on any atom is 0.0681 e. The van der Waals surface area contributed by atoms with Crippen LogP contribution in [0.15, 0.2) is 126 Å². The van der Waals surface area contributed by atoms with Crippen molar-refractivity contribution in [3.8, 4) is 0 Å². The van der Waals surface area contributed by atoms with Gasteiger partial charge < -0.3 is 15.1 Å². The lowest BCUT2D eigenvalue weighted by molar-refractivity contribution is 0.281. The van der Waals surface area contributed by atoms with Gasteiger partial charge in [0.05, 0.1) is 30.8 Å². The lowest BCUT2D eigenvalue weighted by Crippen LogP contribution is -2.11. The van der Waals surface area contributed by atoms with E-state index < -0.39 is 0 Å². The molecule has 0 spiro atoms. The van der Waals surface area contributed by atoms with Crippen molar-refractivity contribution in [2.75, 3.05) is 9.91 Å². The largest absolute Gasteiger partial charge is 0.392 e. The number of rotatable bonds is 9. The van der Waals surface area contributed by atoms with Crippen molar-refractivity contribution in [3.63, 3.8) is 0 Å². The third-order valence-electron chi connectivity index (χ3n) is 6.78. The molecule has 200 valence electrons. The van der Waals surface area contributed by atoms with E-state index in [1.165, 1.54) is 11.1 Å². The van der Waals surface area contributed by atoms with Gasteiger partial charge in [-0.1, -0.05) is 71.8 Å². The normalized spacial score (nSPS) is 11.1. The highest BCUT2D eigenvalue weighted by molar-refractivity contribution is 5.84. The molecule has 0 aromatic heterocycles. The monoisotopic (exact) mass is 527 g/mol. The van der Waals surface area contributed by atoms with Crippen LogP contribution in [0.1, 0.15) is 27.8 Å². The minimum Gasteiger partial charge on any atom is -0.392 e. The molecule has 0 aliphatic rings. The first-order valence-electron chi connectivity index (χ1n) is 13.3. The van der Waals surface area contributed by atoms with Crippen LogP contribution in [0, 0.1) is 13.8 Å². The minimum absolute atomic E-state index is 0.0106. The van der Waals surface area contributed by atoms with Crippen LogP contribution in [-0.4, -0.2) is 16.4 Å². The molecule has 0 atom stereocenters. The molecule has 0 bridgehead atoms. The fourth-order valence-corrected chi connectivity index (χ4v) is 4.44. The van der Waals surface area contributed by atoms with E-state index in [9.17, 15) is 10.2 Å². The van der Waals surface area contributed by atoms with Crippen LogP contribution in [0.25, 0.3) is 0 Å². The van der Waals surface area contributed by atoms with Gasteiger partial charge in [-0.25, -0.2) is 5.01 Å². The molecule has 0 aliphatic heterocycles. The first kappa shape index (κ1) is 26.9. The number of anilines is 5. The highest BCUT2D eigenvalue weighted by Crippen LogP contribution is 2.35. The van der Waals surface area contributed by atoms with Gasteiger partial charge in [-0.3, -0.25) is 0 Å². The fourth-order valence-electron chi connectivity index (χ4n) is 4.44. The molecular weight excluding hydrogens is 494 g/mol. The summed E-state index contributed by atoms with van der Waals surface area (Å²) in [5.41, 5.74) is 10.1. The molecule has 0 radical (unpaired) electrons. The summed E-state index contributed by atoms with van der Waals surface area (Å²) in [5.74, 6) is 0. The lowest BCUT2D eigenvalue weighted by atomic mass is 10.1. The summed E-state index contributed by atoms with van der Waals surface area (Å²) < 4.78 is 0. The number of aryl methyl sites for hydroxylation is 2. The molecule has 5 nitrogen and oxygen atoms in total. The van der Waals surface area contributed by atoms with Crippen molar-refractivity contribution in [2.24, 2.45) is 5.10 Å². The molecular formula is C35H33N3O2. The van der Waals surface area contributed by atoms with E-state index >= 15 is 0 Å². The zero-order valence-electron chi connectivity index (χ0n) is 22.8. The van der Waals surface area contributed by atoms with Crippen molar-refractivity contribution in [1.82, 2.24) is 0 Å². The fraction of sp³-hybridized carbons (Fsp3) is 0.114. The van der Waals surface area contributed by atoms with Gasteiger partial charge in [0.25, 0.3) is 0 Å². The summed E-state index contributed by atoms with van der Waals surface area (Å²) in [4.78, 5) is 2.25. The van der Waals surface area contributed by atoms with Gasteiger partial charge in [-0.15, -0.1) is 0 Å². The molecule has 0 saturated heterocycles. The summed E-state index contributed by atoms with van der Waals surface area (Å²) >= 11 is 0. The van der Waals surface area contributed by atoms with Crippen LogP contribution < -0.4 is 9.91 Å². The third kappa shape index (κ3) is 6.29. The number of hydrazone groups is 1. The predicted octanol–water partition coefficient (Wildman–Crippen LogP) is 7.93. The van der Waals surface area contributed by atoms with E-state index in [0.29, 0.717) is 0 Å². The Kier molecular flexibility index (Phi) is 8.35. The van der Waals surface area contributed by atoms with Crippen molar-refractivity contribution < 1.29 is 10.2 Å². The van der Waals surface area contributed by atoms with Crippen molar-refractivity contribution >= 4 is 34.7 Å². The molecule has 0 heterocycles. The smallest absolute Gasteiger partial charge is 0.0681 e. The van der Waals surface area contributed by atoms with E-state index in [1.807, 2.05) is 59.8 Å². The average molecular weight is 528 g/mol. The Labute approximate surface area is 235 Å². The number of benzene rings is 5. The van der Waals surface area contributed by atoms with Gasteiger partial charge in [0.15, 0.2) is 0 Å². The van der Waals surface area contributed by atoms with Crippen molar-refractivity contribution in [2.45, 2.75) is 27.1 Å². The predicted molar refractivity (Wildman–Crippen MR) is 165 cm³/mol. The van der Waals surface area contributed by atoms with Crippen LogP contribution in [0.3, 0.4) is 0 Å². The van der Waals surface area contributed by atoms with Crippen LogP contribution >= 0.6 is 0 Å². The van der Waals surface area contributed by atoms with E-state index in [1.54, 1.807) is 0 Å². The summed E-state index contributed by atoms with van der Waals surface area (Å²) in [7, 11) is 0. The van der Waals surface area contributed by atoms with Crippen molar-refractivity contribution in [1.29, 1.82) is 0 Å². The molecule has 0 aliphatic carbocycles. The Morgan fingerprint density at radius 1 is 0.500 bits per heavy atom. The summed E-state index contributed by atoms with van der Waals surface area (Å²) in [6, 6.07) is 40.8. The lowest BCUT2D eigenvalue weighted by Gasteiger charge is -2.26. The molecule has 5 aromatic carbocycles. The molecule has 5 heteroatoms.